The highest BCUT2D eigenvalue weighted by Gasteiger charge is 2.29. The summed E-state index contributed by atoms with van der Waals surface area (Å²) in [5, 5.41) is 6.92. The molecule has 10 heteroatoms. The minimum atomic E-state index is -0.231. The van der Waals surface area contributed by atoms with Crippen LogP contribution in [-0.2, 0) is 9.47 Å². The van der Waals surface area contributed by atoms with Crippen molar-refractivity contribution in [1.29, 1.82) is 0 Å². The van der Waals surface area contributed by atoms with Crippen LogP contribution in [0.25, 0.3) is 0 Å². The topological polar surface area (TPSA) is 83.8 Å². The molecule has 0 aromatic carbocycles. The molecule has 8 nitrogen and oxygen atoms in total. The first-order chi connectivity index (χ1) is 14.1. The number of ether oxygens (including phenoxy) is 2. The van der Waals surface area contributed by atoms with Crippen LogP contribution in [-0.4, -0.2) is 47.1 Å². The van der Waals surface area contributed by atoms with Crippen molar-refractivity contribution >= 4 is 31.9 Å². The molecular formula is C19H22Br2N4O4. The molecule has 0 N–H and O–H groups in total. The zero-order valence-electron chi connectivity index (χ0n) is 15.7. The average Bonchev–Trinajstić information content (AvgIpc) is 2.75. The van der Waals surface area contributed by atoms with Gasteiger partial charge in [-0.1, -0.05) is 31.9 Å². The highest BCUT2D eigenvalue weighted by Crippen LogP contribution is 2.25. The SMILES string of the molecule is O=NC=C1C=CN(COCC(CBr)(CBr)COCN2C=CC(=CN=O)C=C2)C=C1. The fourth-order valence-corrected chi connectivity index (χ4v) is 3.95. The second-order valence-corrected chi connectivity index (χ2v) is 7.60. The second kappa shape index (κ2) is 12.6. The summed E-state index contributed by atoms with van der Waals surface area (Å²) in [7, 11) is 0. The molecule has 2 rings (SSSR count). The van der Waals surface area contributed by atoms with E-state index in [0.717, 1.165) is 11.1 Å². The molecule has 0 spiro atoms. The van der Waals surface area contributed by atoms with E-state index in [9.17, 15) is 9.81 Å². The Morgan fingerprint density at radius 3 is 1.48 bits per heavy atom. The molecule has 0 aromatic heterocycles. The summed E-state index contributed by atoms with van der Waals surface area (Å²) in [5.74, 6) is 0. The van der Waals surface area contributed by atoms with Crippen molar-refractivity contribution in [2.24, 2.45) is 15.8 Å². The summed E-state index contributed by atoms with van der Waals surface area (Å²) in [5.41, 5.74) is 1.25. The van der Waals surface area contributed by atoms with Gasteiger partial charge in [0.2, 0.25) is 0 Å². The Labute approximate surface area is 186 Å². The van der Waals surface area contributed by atoms with Gasteiger partial charge in [-0.25, -0.2) is 0 Å². The summed E-state index contributed by atoms with van der Waals surface area (Å²) in [6, 6.07) is 0. The molecule has 0 aliphatic carbocycles. The van der Waals surface area contributed by atoms with E-state index < -0.39 is 0 Å². The summed E-state index contributed by atoms with van der Waals surface area (Å²) >= 11 is 7.14. The standard InChI is InChI=1S/C19H22Br2N4O4/c20-11-19(12-21,13-28-15-24-5-1-17(2-6-24)9-22-26)14-29-16-25-7-3-18(4-8-25)10-23-27/h1-10H,11-16H2. The van der Waals surface area contributed by atoms with Crippen molar-refractivity contribution in [1.82, 2.24) is 9.80 Å². The molecule has 0 aromatic rings. The molecule has 0 saturated carbocycles. The highest BCUT2D eigenvalue weighted by atomic mass is 79.9. The van der Waals surface area contributed by atoms with Gasteiger partial charge in [0, 0.05) is 40.9 Å². The smallest absolute Gasteiger partial charge is 0.122 e. The predicted octanol–water partition coefficient (Wildman–Crippen LogP) is 4.70. The lowest BCUT2D eigenvalue weighted by Crippen LogP contribution is -2.38. The van der Waals surface area contributed by atoms with E-state index in [1.54, 1.807) is 24.3 Å². The molecule has 29 heavy (non-hydrogen) atoms. The first-order valence-corrected chi connectivity index (χ1v) is 11.0. The molecular weight excluding hydrogens is 508 g/mol. The molecule has 0 bridgehead atoms. The number of hydrogen-bond acceptors (Lipinski definition) is 8. The van der Waals surface area contributed by atoms with Gasteiger partial charge in [-0.2, -0.15) is 0 Å². The van der Waals surface area contributed by atoms with Crippen molar-refractivity contribution in [3.05, 3.63) is 82.5 Å². The zero-order chi connectivity index (χ0) is 21.0. The molecule has 0 saturated heterocycles. The molecule has 0 amide bonds. The first-order valence-electron chi connectivity index (χ1n) is 8.72. The van der Waals surface area contributed by atoms with Gasteiger partial charge in [0.1, 0.15) is 13.5 Å². The Morgan fingerprint density at radius 1 is 0.793 bits per heavy atom. The van der Waals surface area contributed by atoms with Crippen LogP contribution in [0.15, 0.2) is 83.0 Å². The van der Waals surface area contributed by atoms with Gasteiger partial charge in [0.05, 0.1) is 25.6 Å². The normalized spacial score (nSPS) is 15.8. The van der Waals surface area contributed by atoms with Crippen LogP contribution >= 0.6 is 31.9 Å². The molecule has 2 aliphatic heterocycles. The number of alkyl halides is 2. The van der Waals surface area contributed by atoms with E-state index in [2.05, 4.69) is 42.2 Å². The van der Waals surface area contributed by atoms with E-state index in [-0.39, 0.29) is 5.41 Å². The molecule has 2 heterocycles. The molecule has 2 aliphatic rings. The Balaban J connectivity index is 1.76. The summed E-state index contributed by atoms with van der Waals surface area (Å²) < 4.78 is 11.8. The van der Waals surface area contributed by atoms with Gasteiger partial charge in [-0.15, -0.1) is 9.81 Å². The van der Waals surface area contributed by atoms with E-state index in [1.165, 1.54) is 12.4 Å². The quantitative estimate of drug-likeness (QED) is 0.269. The third-order valence-electron chi connectivity index (χ3n) is 4.10. The van der Waals surface area contributed by atoms with Crippen LogP contribution in [0, 0.1) is 15.2 Å². The van der Waals surface area contributed by atoms with E-state index >= 15 is 0 Å². The van der Waals surface area contributed by atoms with Gasteiger partial charge in [0.15, 0.2) is 0 Å². The number of rotatable bonds is 12. The van der Waals surface area contributed by atoms with Gasteiger partial charge >= 0.3 is 0 Å². The van der Waals surface area contributed by atoms with E-state index in [0.29, 0.717) is 37.3 Å². The summed E-state index contributed by atoms with van der Waals surface area (Å²) in [6.45, 7) is 1.75. The van der Waals surface area contributed by atoms with Gasteiger partial charge in [-0.05, 0) is 45.8 Å². The Bertz CT molecular complexity index is 652. The minimum Gasteiger partial charge on any atom is -0.360 e. The minimum absolute atomic E-state index is 0.231. The molecule has 0 fully saturated rings. The maximum Gasteiger partial charge on any atom is 0.122 e. The van der Waals surface area contributed by atoms with Crippen LogP contribution in [0.4, 0.5) is 0 Å². The predicted molar refractivity (Wildman–Crippen MR) is 120 cm³/mol. The van der Waals surface area contributed by atoms with Crippen LogP contribution in [0.3, 0.4) is 0 Å². The highest BCUT2D eigenvalue weighted by molar-refractivity contribution is 9.09. The van der Waals surface area contributed by atoms with Gasteiger partial charge in [-0.3, -0.25) is 0 Å². The summed E-state index contributed by atoms with van der Waals surface area (Å²) in [4.78, 5) is 24.2. The number of nitrogens with zero attached hydrogens (tertiary/aromatic N) is 4. The number of hydrogen-bond donors (Lipinski definition) is 0. The fourth-order valence-electron chi connectivity index (χ4n) is 2.37. The molecule has 0 atom stereocenters. The zero-order valence-corrected chi connectivity index (χ0v) is 18.9. The van der Waals surface area contributed by atoms with Gasteiger partial charge in [0.25, 0.3) is 0 Å². The van der Waals surface area contributed by atoms with Crippen molar-refractivity contribution in [2.45, 2.75) is 0 Å². The van der Waals surface area contributed by atoms with Crippen LogP contribution in [0.2, 0.25) is 0 Å². The van der Waals surface area contributed by atoms with Crippen molar-refractivity contribution in [2.75, 3.05) is 37.3 Å². The number of nitroso groups, excluding NO2 is 2. The molecule has 0 unspecified atom stereocenters. The maximum atomic E-state index is 10.3. The van der Waals surface area contributed by atoms with E-state index in [4.69, 9.17) is 9.47 Å². The van der Waals surface area contributed by atoms with Crippen molar-refractivity contribution in [3.63, 3.8) is 0 Å². The summed E-state index contributed by atoms with van der Waals surface area (Å²) in [6.07, 6.45) is 17.0. The molecule has 0 radical (unpaired) electrons. The van der Waals surface area contributed by atoms with Crippen LogP contribution in [0.5, 0.6) is 0 Å². The lowest BCUT2D eigenvalue weighted by atomic mass is 9.96. The number of halogens is 2. The lowest BCUT2D eigenvalue weighted by Gasteiger charge is -2.31. The largest absolute Gasteiger partial charge is 0.360 e. The molecule has 156 valence electrons. The Morgan fingerprint density at radius 2 is 1.17 bits per heavy atom. The van der Waals surface area contributed by atoms with E-state index in [1.807, 2.05) is 34.6 Å². The van der Waals surface area contributed by atoms with Gasteiger partial charge < -0.3 is 19.3 Å². The van der Waals surface area contributed by atoms with Crippen molar-refractivity contribution in [3.8, 4) is 0 Å². The van der Waals surface area contributed by atoms with Crippen LogP contribution in [0.1, 0.15) is 0 Å². The average molecular weight is 530 g/mol. The Kier molecular flexibility index (Phi) is 10.2. The Hall–Kier alpha value is -1.88. The monoisotopic (exact) mass is 528 g/mol. The third kappa shape index (κ3) is 7.81. The first kappa shape index (κ1) is 23.4. The third-order valence-corrected chi connectivity index (χ3v) is 6.48. The number of allylic oxidation sites excluding steroid dienone is 6. The fraction of sp³-hybridized carbons (Fsp3) is 0.368. The lowest BCUT2D eigenvalue weighted by molar-refractivity contribution is -0.0308. The van der Waals surface area contributed by atoms with Crippen LogP contribution < -0.4 is 0 Å². The second-order valence-electron chi connectivity index (χ2n) is 6.48. The van der Waals surface area contributed by atoms with Crippen molar-refractivity contribution < 1.29 is 9.47 Å². The maximum absolute atomic E-state index is 10.3.